The van der Waals surface area contributed by atoms with Gasteiger partial charge in [-0.15, -0.1) is 0 Å². The van der Waals surface area contributed by atoms with Crippen molar-refractivity contribution in [3.63, 3.8) is 0 Å². The predicted octanol–water partition coefficient (Wildman–Crippen LogP) is -0.730. The van der Waals surface area contributed by atoms with E-state index in [2.05, 4.69) is 0 Å². The molecule has 8 heteroatoms. The van der Waals surface area contributed by atoms with Gasteiger partial charge in [0.25, 0.3) is 0 Å². The number of phenols is 5. The van der Waals surface area contributed by atoms with Gasteiger partial charge in [-0.25, -0.2) is 4.79 Å². The van der Waals surface area contributed by atoms with Crippen molar-refractivity contribution in [2.45, 2.75) is 0 Å². The summed E-state index contributed by atoms with van der Waals surface area (Å²) in [6.07, 6.45) is 0. The Kier molecular flexibility index (Phi) is 4.97. The van der Waals surface area contributed by atoms with E-state index in [1.54, 1.807) is 5.92 Å². The minimum absolute atomic E-state index is 0. The fourth-order valence-corrected chi connectivity index (χ4v) is 0.920. The van der Waals surface area contributed by atoms with Crippen LogP contribution in [-0.2, 0) is 4.79 Å². The molecule has 0 atom stereocenters. The van der Waals surface area contributed by atoms with E-state index in [4.69, 9.17) is 20.4 Å². The number of hydrogen-bond acceptors (Lipinski definition) is 6. The first kappa shape index (κ1) is 15.2. The number of aliphatic carboxylic acids is 1. The third kappa shape index (κ3) is 2.88. The molecule has 7 nitrogen and oxygen atoms in total. The first-order valence-electron chi connectivity index (χ1n) is 3.80. The molecule has 0 amide bonds. The first-order chi connectivity index (χ1) is 7.36. The van der Waals surface area contributed by atoms with Gasteiger partial charge in [0.05, 0.1) is 0 Å². The second-order valence-corrected chi connectivity index (χ2v) is 2.67. The Labute approximate surface area is 117 Å². The molecule has 17 heavy (non-hydrogen) atoms. The van der Waals surface area contributed by atoms with Crippen LogP contribution in [0.15, 0.2) is 0 Å². The average molecular weight is 249 g/mol. The number of benzene rings is 1. The van der Waals surface area contributed by atoms with Gasteiger partial charge in [0.2, 0.25) is 17.2 Å². The quantitative estimate of drug-likeness (QED) is 0.154. The Morgan fingerprint density at radius 2 is 1.18 bits per heavy atom. The molecule has 85 valence electrons. The van der Waals surface area contributed by atoms with Crippen molar-refractivity contribution >= 4 is 35.5 Å². The van der Waals surface area contributed by atoms with Crippen LogP contribution >= 0.6 is 0 Å². The number of rotatable bonds is 0. The summed E-state index contributed by atoms with van der Waals surface area (Å²) in [5, 5.41) is 53.8. The number of hydrogen-bond donors (Lipinski definition) is 6. The van der Waals surface area contributed by atoms with E-state index in [9.17, 15) is 15.0 Å². The van der Waals surface area contributed by atoms with E-state index in [1.165, 1.54) is 0 Å². The summed E-state index contributed by atoms with van der Waals surface area (Å²) in [5.41, 5.74) is -0.699. The van der Waals surface area contributed by atoms with Crippen LogP contribution in [0.4, 0.5) is 0 Å². The van der Waals surface area contributed by atoms with Gasteiger partial charge in [-0.3, -0.25) is 0 Å². The van der Waals surface area contributed by atoms with Gasteiger partial charge in [0, 0.05) is 35.5 Å². The van der Waals surface area contributed by atoms with Crippen LogP contribution in [0.5, 0.6) is 28.7 Å². The predicted molar refractivity (Wildman–Crippen MR) is 55.0 cm³/mol. The maximum absolute atomic E-state index is 10.1. The van der Waals surface area contributed by atoms with Crippen molar-refractivity contribution in [3.8, 4) is 40.6 Å². The minimum atomic E-state index is -1.54. The van der Waals surface area contributed by atoms with Crippen LogP contribution < -0.4 is 0 Å². The first-order valence-corrected chi connectivity index (χ1v) is 3.80. The van der Waals surface area contributed by atoms with Gasteiger partial charge >= 0.3 is 5.97 Å². The van der Waals surface area contributed by atoms with Gasteiger partial charge < -0.3 is 30.6 Å². The summed E-state index contributed by atoms with van der Waals surface area (Å²) in [6, 6.07) is 0. The molecule has 0 saturated carbocycles. The van der Waals surface area contributed by atoms with Gasteiger partial charge in [-0.2, -0.15) is 0 Å². The summed E-state index contributed by atoms with van der Waals surface area (Å²) in [7, 11) is 0. The molecule has 0 aromatic heterocycles. The topological polar surface area (TPSA) is 138 Å². The monoisotopic (exact) mass is 249 g/mol. The number of phenolic OH excluding ortho intramolecular Hbond substituents is 5. The van der Waals surface area contributed by atoms with Crippen molar-refractivity contribution in [2.24, 2.45) is 0 Å². The van der Waals surface area contributed by atoms with E-state index in [0.717, 1.165) is 0 Å². The van der Waals surface area contributed by atoms with Crippen molar-refractivity contribution < 1.29 is 35.4 Å². The molecule has 1 radical (unpaired) electrons. The van der Waals surface area contributed by atoms with Crippen LogP contribution in [0, 0.1) is 11.8 Å². The molecule has 6 N–H and O–H groups in total. The molecule has 0 fully saturated rings. The van der Waals surface area contributed by atoms with E-state index >= 15 is 0 Å². The van der Waals surface area contributed by atoms with Crippen LogP contribution in [-0.4, -0.2) is 66.2 Å². The van der Waals surface area contributed by atoms with Crippen molar-refractivity contribution in [1.29, 1.82) is 0 Å². The summed E-state index contributed by atoms with van der Waals surface area (Å²) in [5.74, 6) is -3.56. The zero-order valence-electron chi connectivity index (χ0n) is 8.59. The van der Waals surface area contributed by atoms with Crippen molar-refractivity contribution in [2.75, 3.05) is 0 Å². The van der Waals surface area contributed by atoms with Gasteiger partial charge in [-0.1, -0.05) is 0 Å². The molecule has 0 aliphatic rings. The molecule has 1 rings (SSSR count). The van der Waals surface area contributed by atoms with Crippen LogP contribution in [0.1, 0.15) is 5.56 Å². The largest absolute Gasteiger partial charge is 0.503 e. The third-order valence-electron chi connectivity index (χ3n) is 1.67. The molecular weight excluding hydrogens is 243 g/mol. The Hall–Kier alpha value is -1.75. The standard InChI is InChI=1S/C9H6O7.Na/c10-4(11)2-1-3-5(12)7(14)9(16)8(15)6(3)13;/h12-16H,(H,10,11);. The molecule has 1 aromatic rings. The molecule has 0 unspecified atom stereocenters. The van der Waals surface area contributed by atoms with E-state index in [0.29, 0.717) is 0 Å². The van der Waals surface area contributed by atoms with Crippen molar-refractivity contribution in [1.82, 2.24) is 0 Å². The van der Waals surface area contributed by atoms with Crippen molar-refractivity contribution in [3.05, 3.63) is 5.56 Å². The average Bonchev–Trinajstić information content (AvgIpc) is 2.23. The Morgan fingerprint density at radius 1 is 0.824 bits per heavy atom. The van der Waals surface area contributed by atoms with Crippen LogP contribution in [0.2, 0.25) is 0 Å². The second kappa shape index (κ2) is 5.54. The van der Waals surface area contributed by atoms with Crippen LogP contribution in [0.3, 0.4) is 0 Å². The zero-order chi connectivity index (χ0) is 12.5. The van der Waals surface area contributed by atoms with E-state index in [1.807, 2.05) is 5.92 Å². The van der Waals surface area contributed by atoms with Crippen LogP contribution in [0.25, 0.3) is 0 Å². The number of aromatic hydroxyl groups is 5. The molecule has 0 heterocycles. The number of carboxylic acid groups (broad SMARTS) is 1. The molecule has 0 aliphatic heterocycles. The molecule has 0 spiro atoms. The summed E-state index contributed by atoms with van der Waals surface area (Å²) >= 11 is 0. The SMILES string of the molecule is O=C(O)C#Cc1c(O)c(O)c(O)c(O)c1O.[Na]. The normalized spacial score (nSPS) is 8.71. The van der Waals surface area contributed by atoms with E-state index < -0.39 is 40.3 Å². The number of carboxylic acids is 1. The van der Waals surface area contributed by atoms with E-state index in [-0.39, 0.29) is 29.6 Å². The molecule has 0 bridgehead atoms. The summed E-state index contributed by atoms with van der Waals surface area (Å²) in [4.78, 5) is 10.1. The Balaban J connectivity index is 0.00000256. The smallest absolute Gasteiger partial charge is 0.382 e. The summed E-state index contributed by atoms with van der Waals surface area (Å²) < 4.78 is 0. The summed E-state index contributed by atoms with van der Waals surface area (Å²) in [6.45, 7) is 0. The van der Waals surface area contributed by atoms with Gasteiger partial charge in [-0.05, 0) is 5.92 Å². The number of carbonyl (C=O) groups is 1. The molecule has 1 aromatic carbocycles. The fraction of sp³-hybridized carbons (Fsp3) is 0. The maximum Gasteiger partial charge on any atom is 0.382 e. The zero-order valence-corrected chi connectivity index (χ0v) is 10.6. The van der Waals surface area contributed by atoms with Gasteiger partial charge in [0.15, 0.2) is 11.5 Å². The molecule has 0 aliphatic carbocycles. The third-order valence-corrected chi connectivity index (χ3v) is 1.67. The molecular formula is C9H6NaO7. The maximum atomic E-state index is 10.1. The molecule has 0 saturated heterocycles. The Bertz CT molecular complexity index is 497. The fourth-order valence-electron chi connectivity index (χ4n) is 0.920. The van der Waals surface area contributed by atoms with Gasteiger partial charge in [0.1, 0.15) is 5.56 Å². The second-order valence-electron chi connectivity index (χ2n) is 2.67. The minimum Gasteiger partial charge on any atom is -0.503 e. The Morgan fingerprint density at radius 3 is 1.53 bits per heavy atom.